The number of rotatable bonds is 4. The van der Waals surface area contributed by atoms with Crippen LogP contribution in [-0.4, -0.2) is 72.3 Å². The van der Waals surface area contributed by atoms with Gasteiger partial charge in [0, 0.05) is 43.6 Å². The summed E-state index contributed by atoms with van der Waals surface area (Å²) in [6.07, 6.45) is 4.06. The van der Waals surface area contributed by atoms with Crippen molar-refractivity contribution in [2.45, 2.75) is 18.5 Å². The van der Waals surface area contributed by atoms with Crippen LogP contribution < -0.4 is 0 Å². The lowest BCUT2D eigenvalue weighted by Crippen LogP contribution is -2.60. The molecule has 6 nitrogen and oxygen atoms in total. The minimum absolute atomic E-state index is 0.0519. The Morgan fingerprint density at radius 3 is 2.44 bits per heavy atom. The molecule has 2 atom stereocenters. The first-order valence-corrected chi connectivity index (χ1v) is 11.0. The van der Waals surface area contributed by atoms with Crippen LogP contribution in [0.4, 0.5) is 0 Å². The fraction of sp³-hybridized carbons (Fsp3) is 0.400. The highest BCUT2D eigenvalue weighted by atomic mass is 32.2. The molecule has 4 rings (SSSR count). The molecule has 0 unspecified atom stereocenters. The van der Waals surface area contributed by atoms with Gasteiger partial charge in [-0.3, -0.25) is 14.7 Å². The second kappa shape index (κ2) is 7.40. The smallest absolute Gasteiger partial charge is 0.254 e. The third kappa shape index (κ3) is 3.89. The van der Waals surface area contributed by atoms with Gasteiger partial charge in [0.15, 0.2) is 9.84 Å². The zero-order chi connectivity index (χ0) is 18.9. The Morgan fingerprint density at radius 2 is 1.70 bits per heavy atom. The number of carbonyl (C=O) groups is 1. The third-order valence-corrected chi connectivity index (χ3v) is 7.21. The van der Waals surface area contributed by atoms with Crippen LogP contribution in [0, 0.1) is 0 Å². The molecule has 0 saturated carbocycles. The van der Waals surface area contributed by atoms with Gasteiger partial charge in [0.05, 0.1) is 17.5 Å². The lowest BCUT2D eigenvalue weighted by atomic mass is 10.0. The molecular weight excluding hydrogens is 362 g/mol. The zero-order valence-electron chi connectivity index (χ0n) is 15.1. The van der Waals surface area contributed by atoms with Gasteiger partial charge in [0.25, 0.3) is 5.91 Å². The summed E-state index contributed by atoms with van der Waals surface area (Å²) in [6, 6.07) is 13.2. The standard InChI is InChI=1S/C20H23N3O3S/c24-20(17-6-9-21-10-7-17)23-13-12-22(11-8-16-4-2-1-3-5-16)18-14-27(25,26)15-19(18)23/h1-7,9-10,18-19H,8,11-15H2/t18-,19+/m1/s1. The summed E-state index contributed by atoms with van der Waals surface area (Å²) in [7, 11) is -3.14. The van der Waals surface area contributed by atoms with Crippen molar-refractivity contribution < 1.29 is 13.2 Å². The van der Waals surface area contributed by atoms with E-state index in [1.54, 1.807) is 29.4 Å². The zero-order valence-corrected chi connectivity index (χ0v) is 15.9. The summed E-state index contributed by atoms with van der Waals surface area (Å²) < 4.78 is 24.7. The van der Waals surface area contributed by atoms with Gasteiger partial charge in [-0.1, -0.05) is 30.3 Å². The molecule has 27 heavy (non-hydrogen) atoms. The van der Waals surface area contributed by atoms with Crippen molar-refractivity contribution in [2.24, 2.45) is 0 Å². The maximum Gasteiger partial charge on any atom is 0.254 e. The maximum absolute atomic E-state index is 12.9. The SMILES string of the molecule is O=C(c1ccncc1)N1CCN(CCc2ccccc2)[C@@H]2CS(=O)(=O)C[C@@H]21. The van der Waals surface area contributed by atoms with Crippen LogP contribution in [0.15, 0.2) is 54.9 Å². The highest BCUT2D eigenvalue weighted by Crippen LogP contribution is 2.28. The molecule has 0 radical (unpaired) electrons. The molecule has 3 heterocycles. The number of fused-ring (bicyclic) bond motifs is 1. The number of carbonyl (C=O) groups excluding carboxylic acids is 1. The molecule has 2 aliphatic rings. The largest absolute Gasteiger partial charge is 0.332 e. The Morgan fingerprint density at radius 1 is 1.00 bits per heavy atom. The molecule has 2 saturated heterocycles. The summed E-state index contributed by atoms with van der Waals surface area (Å²) >= 11 is 0. The summed E-state index contributed by atoms with van der Waals surface area (Å²) in [4.78, 5) is 20.9. The number of amides is 1. The first kappa shape index (κ1) is 18.1. The van der Waals surface area contributed by atoms with E-state index in [1.165, 1.54) is 5.56 Å². The predicted octanol–water partition coefficient (Wildman–Crippen LogP) is 1.25. The van der Waals surface area contributed by atoms with Crippen LogP contribution in [0.3, 0.4) is 0 Å². The molecule has 1 amide bonds. The first-order valence-electron chi connectivity index (χ1n) is 9.23. The van der Waals surface area contributed by atoms with Crippen molar-refractivity contribution in [1.82, 2.24) is 14.8 Å². The lowest BCUT2D eigenvalue weighted by molar-refractivity contribution is 0.0336. The van der Waals surface area contributed by atoms with Crippen molar-refractivity contribution in [3.05, 3.63) is 66.0 Å². The van der Waals surface area contributed by atoms with Crippen molar-refractivity contribution >= 4 is 15.7 Å². The van der Waals surface area contributed by atoms with Gasteiger partial charge in [-0.25, -0.2) is 8.42 Å². The number of nitrogens with zero attached hydrogens (tertiary/aromatic N) is 3. The summed E-state index contributed by atoms with van der Waals surface area (Å²) in [5.41, 5.74) is 1.80. The molecular formula is C20H23N3O3S. The summed E-state index contributed by atoms with van der Waals surface area (Å²) in [5.74, 6) is 0.0790. The Bertz CT molecular complexity index is 903. The Balaban J connectivity index is 1.52. The Kier molecular flexibility index (Phi) is 4.97. The molecule has 7 heteroatoms. The van der Waals surface area contributed by atoms with Crippen LogP contribution in [-0.2, 0) is 16.3 Å². The third-order valence-electron chi connectivity index (χ3n) is 5.51. The monoisotopic (exact) mass is 385 g/mol. The molecule has 0 bridgehead atoms. The van der Waals surface area contributed by atoms with Crippen LogP contribution in [0.5, 0.6) is 0 Å². The summed E-state index contributed by atoms with van der Waals surface area (Å²) in [6.45, 7) is 2.05. The number of sulfone groups is 1. The van der Waals surface area contributed by atoms with E-state index in [0.29, 0.717) is 18.7 Å². The molecule has 0 aliphatic carbocycles. The number of benzene rings is 1. The van der Waals surface area contributed by atoms with Gasteiger partial charge in [-0.05, 0) is 24.1 Å². The van der Waals surface area contributed by atoms with E-state index in [9.17, 15) is 13.2 Å². The van der Waals surface area contributed by atoms with E-state index in [-0.39, 0.29) is 29.5 Å². The number of pyridine rings is 1. The molecule has 142 valence electrons. The van der Waals surface area contributed by atoms with Crippen molar-refractivity contribution in [2.75, 3.05) is 31.1 Å². The molecule has 2 aromatic rings. The van der Waals surface area contributed by atoms with Crippen molar-refractivity contribution in [1.29, 1.82) is 0 Å². The van der Waals surface area contributed by atoms with Crippen molar-refractivity contribution in [3.8, 4) is 0 Å². The fourth-order valence-electron chi connectivity index (χ4n) is 4.13. The van der Waals surface area contributed by atoms with Crippen LogP contribution in [0.1, 0.15) is 15.9 Å². The van der Waals surface area contributed by atoms with E-state index in [1.807, 2.05) is 18.2 Å². The lowest BCUT2D eigenvalue weighted by Gasteiger charge is -2.44. The Labute approximate surface area is 159 Å². The average Bonchev–Trinajstić information content (AvgIpc) is 3.02. The van der Waals surface area contributed by atoms with Crippen LogP contribution in [0.25, 0.3) is 0 Å². The van der Waals surface area contributed by atoms with Gasteiger partial charge in [-0.2, -0.15) is 0 Å². The Hall–Kier alpha value is -2.25. The molecule has 2 aliphatic heterocycles. The van der Waals surface area contributed by atoms with Gasteiger partial charge >= 0.3 is 0 Å². The predicted molar refractivity (Wildman–Crippen MR) is 103 cm³/mol. The fourth-order valence-corrected chi connectivity index (χ4v) is 6.14. The first-order chi connectivity index (χ1) is 13.0. The van der Waals surface area contributed by atoms with E-state index in [2.05, 4.69) is 22.0 Å². The molecule has 0 spiro atoms. The van der Waals surface area contributed by atoms with Gasteiger partial charge in [-0.15, -0.1) is 0 Å². The van der Waals surface area contributed by atoms with Gasteiger partial charge < -0.3 is 4.90 Å². The topological polar surface area (TPSA) is 70.6 Å². The van der Waals surface area contributed by atoms with E-state index in [4.69, 9.17) is 0 Å². The normalized spacial score (nSPS) is 24.5. The van der Waals surface area contributed by atoms with Gasteiger partial charge in [0.1, 0.15) is 0 Å². The van der Waals surface area contributed by atoms with E-state index in [0.717, 1.165) is 13.0 Å². The second-order valence-electron chi connectivity index (χ2n) is 7.22. The maximum atomic E-state index is 12.9. The number of hydrogen-bond acceptors (Lipinski definition) is 5. The quantitative estimate of drug-likeness (QED) is 0.792. The minimum atomic E-state index is -3.14. The molecule has 1 aromatic carbocycles. The number of hydrogen-bond donors (Lipinski definition) is 0. The van der Waals surface area contributed by atoms with Crippen LogP contribution in [0.2, 0.25) is 0 Å². The molecule has 0 N–H and O–H groups in total. The minimum Gasteiger partial charge on any atom is -0.332 e. The van der Waals surface area contributed by atoms with Crippen LogP contribution >= 0.6 is 0 Å². The highest BCUT2D eigenvalue weighted by molar-refractivity contribution is 7.91. The molecule has 1 aromatic heterocycles. The number of aromatic nitrogens is 1. The highest BCUT2D eigenvalue weighted by Gasteiger charge is 2.47. The van der Waals surface area contributed by atoms with Gasteiger partial charge in [0.2, 0.25) is 0 Å². The van der Waals surface area contributed by atoms with E-state index < -0.39 is 9.84 Å². The second-order valence-corrected chi connectivity index (χ2v) is 9.37. The average molecular weight is 385 g/mol. The summed E-state index contributed by atoms with van der Waals surface area (Å²) in [5, 5.41) is 0. The van der Waals surface area contributed by atoms with E-state index >= 15 is 0 Å². The number of piperazine rings is 1. The molecule has 2 fully saturated rings. The van der Waals surface area contributed by atoms with Crippen molar-refractivity contribution in [3.63, 3.8) is 0 Å².